The third-order valence-electron chi connectivity index (χ3n) is 3.57. The van der Waals surface area contributed by atoms with Crippen molar-refractivity contribution >= 4 is 17.8 Å². The molecule has 0 aromatic heterocycles. The van der Waals surface area contributed by atoms with Crippen LogP contribution < -0.4 is 11.1 Å². The summed E-state index contributed by atoms with van der Waals surface area (Å²) in [5.41, 5.74) is 5.71. The van der Waals surface area contributed by atoms with E-state index >= 15 is 0 Å². The van der Waals surface area contributed by atoms with E-state index in [1.165, 1.54) is 4.90 Å². The van der Waals surface area contributed by atoms with E-state index in [9.17, 15) is 14.4 Å². The van der Waals surface area contributed by atoms with Gasteiger partial charge in [-0.1, -0.05) is 13.8 Å². The maximum atomic E-state index is 12.2. The second kappa shape index (κ2) is 6.69. The lowest BCUT2D eigenvalue weighted by molar-refractivity contribution is -0.149. The van der Waals surface area contributed by atoms with Gasteiger partial charge in [-0.05, 0) is 25.7 Å². The summed E-state index contributed by atoms with van der Waals surface area (Å²) in [4.78, 5) is 36.4. The average Bonchev–Trinajstić information content (AvgIpc) is 2.85. The van der Waals surface area contributed by atoms with E-state index in [-0.39, 0.29) is 11.8 Å². The zero-order chi connectivity index (χ0) is 15.4. The molecule has 1 rings (SSSR count). The molecule has 7 nitrogen and oxygen atoms in total. The van der Waals surface area contributed by atoms with E-state index in [2.05, 4.69) is 5.32 Å². The summed E-state index contributed by atoms with van der Waals surface area (Å²) < 4.78 is 0. The van der Waals surface area contributed by atoms with Crippen LogP contribution in [-0.2, 0) is 14.4 Å². The maximum absolute atomic E-state index is 12.2. The molecule has 0 unspecified atom stereocenters. The number of hydrogen-bond donors (Lipinski definition) is 3. The first kappa shape index (κ1) is 16.4. The molecular weight excluding hydrogens is 262 g/mol. The molecule has 0 aromatic carbocycles. The van der Waals surface area contributed by atoms with Crippen molar-refractivity contribution in [1.29, 1.82) is 0 Å². The number of hydrogen-bond acceptors (Lipinski definition) is 4. The van der Waals surface area contributed by atoms with Gasteiger partial charge < -0.3 is 21.1 Å². The maximum Gasteiger partial charge on any atom is 0.326 e. The fourth-order valence-electron chi connectivity index (χ4n) is 2.21. The van der Waals surface area contributed by atoms with Crippen LogP contribution in [0, 0.1) is 5.92 Å². The second-order valence-electron chi connectivity index (χ2n) is 5.53. The quantitative estimate of drug-likeness (QED) is 0.633. The predicted octanol–water partition coefficient (Wildman–Crippen LogP) is -0.450. The molecule has 1 aliphatic heterocycles. The molecule has 0 bridgehead atoms. The summed E-state index contributed by atoms with van der Waals surface area (Å²) in [6.07, 6.45) is 1.11. The highest BCUT2D eigenvalue weighted by Crippen LogP contribution is 2.18. The topological polar surface area (TPSA) is 113 Å². The lowest BCUT2D eigenvalue weighted by Crippen LogP contribution is -2.54. The zero-order valence-corrected chi connectivity index (χ0v) is 12.1. The number of amides is 2. The highest BCUT2D eigenvalue weighted by molar-refractivity contribution is 5.91. The average molecular weight is 285 g/mol. The van der Waals surface area contributed by atoms with Gasteiger partial charge in [-0.25, -0.2) is 4.79 Å². The second-order valence-corrected chi connectivity index (χ2v) is 5.53. The summed E-state index contributed by atoms with van der Waals surface area (Å²) in [6.45, 7) is 5.59. The Morgan fingerprint density at radius 2 is 1.90 bits per heavy atom. The summed E-state index contributed by atoms with van der Waals surface area (Å²) in [5.74, 6) is -1.81. The Morgan fingerprint density at radius 1 is 1.30 bits per heavy atom. The number of nitrogens with two attached hydrogens (primary N) is 1. The first-order valence-corrected chi connectivity index (χ1v) is 6.85. The number of rotatable bonds is 5. The zero-order valence-electron chi connectivity index (χ0n) is 12.1. The molecule has 1 heterocycles. The number of aliphatic carboxylic acids is 1. The van der Waals surface area contributed by atoms with E-state index in [0.29, 0.717) is 19.4 Å². The molecule has 0 spiro atoms. The van der Waals surface area contributed by atoms with Crippen molar-refractivity contribution < 1.29 is 19.5 Å². The van der Waals surface area contributed by atoms with E-state index in [0.717, 1.165) is 0 Å². The fraction of sp³-hybridized carbons (Fsp3) is 0.769. The van der Waals surface area contributed by atoms with Crippen LogP contribution in [0.3, 0.4) is 0 Å². The predicted molar refractivity (Wildman–Crippen MR) is 72.8 cm³/mol. The number of nitrogens with one attached hydrogen (secondary N) is 1. The van der Waals surface area contributed by atoms with Gasteiger partial charge in [0.1, 0.15) is 12.1 Å². The van der Waals surface area contributed by atoms with Gasteiger partial charge in [-0.15, -0.1) is 0 Å². The summed E-state index contributed by atoms with van der Waals surface area (Å²) in [5, 5.41) is 11.6. The number of carboxylic acids is 1. The Labute approximate surface area is 118 Å². The van der Waals surface area contributed by atoms with Crippen molar-refractivity contribution in [2.45, 2.75) is 51.7 Å². The molecule has 0 radical (unpaired) electrons. The van der Waals surface area contributed by atoms with Gasteiger partial charge in [0, 0.05) is 6.54 Å². The fourth-order valence-corrected chi connectivity index (χ4v) is 2.21. The number of nitrogens with zero attached hydrogens (tertiary/aromatic N) is 1. The van der Waals surface area contributed by atoms with E-state index < -0.39 is 30.0 Å². The molecule has 1 saturated heterocycles. The first-order valence-electron chi connectivity index (χ1n) is 6.85. The first-order chi connectivity index (χ1) is 9.25. The van der Waals surface area contributed by atoms with Crippen molar-refractivity contribution in [3.05, 3.63) is 0 Å². The normalized spacial score (nSPS) is 21.6. The Kier molecular flexibility index (Phi) is 5.50. The van der Waals surface area contributed by atoms with Gasteiger partial charge in [-0.2, -0.15) is 0 Å². The minimum absolute atomic E-state index is 0.0316. The van der Waals surface area contributed by atoms with Crippen molar-refractivity contribution in [2.24, 2.45) is 11.7 Å². The van der Waals surface area contributed by atoms with Crippen LogP contribution in [0.5, 0.6) is 0 Å². The number of carbonyl (C=O) groups is 3. The van der Waals surface area contributed by atoms with Gasteiger partial charge in [-0.3, -0.25) is 9.59 Å². The van der Waals surface area contributed by atoms with E-state index in [1.807, 2.05) is 13.8 Å². The highest BCUT2D eigenvalue weighted by atomic mass is 16.4. The van der Waals surface area contributed by atoms with Crippen LogP contribution in [0.25, 0.3) is 0 Å². The van der Waals surface area contributed by atoms with Gasteiger partial charge in [0.15, 0.2) is 0 Å². The highest BCUT2D eigenvalue weighted by Gasteiger charge is 2.36. The van der Waals surface area contributed by atoms with Crippen molar-refractivity contribution in [3.8, 4) is 0 Å². The van der Waals surface area contributed by atoms with Crippen LogP contribution >= 0.6 is 0 Å². The molecule has 3 atom stereocenters. The third-order valence-corrected chi connectivity index (χ3v) is 3.57. The molecule has 2 amide bonds. The molecular formula is C13H23N3O4. The molecule has 1 fully saturated rings. The smallest absolute Gasteiger partial charge is 0.326 e. The third kappa shape index (κ3) is 3.69. The number of carboxylic acid groups (broad SMARTS) is 1. The molecule has 0 aromatic rings. The van der Waals surface area contributed by atoms with Crippen LogP contribution in [0.1, 0.15) is 33.6 Å². The molecule has 20 heavy (non-hydrogen) atoms. The van der Waals surface area contributed by atoms with Crippen LogP contribution in [0.15, 0.2) is 0 Å². The summed E-state index contributed by atoms with van der Waals surface area (Å²) in [7, 11) is 0. The van der Waals surface area contributed by atoms with Gasteiger partial charge in [0.25, 0.3) is 0 Å². The van der Waals surface area contributed by atoms with Gasteiger partial charge >= 0.3 is 5.97 Å². The lowest BCUT2D eigenvalue weighted by Gasteiger charge is -2.26. The van der Waals surface area contributed by atoms with Gasteiger partial charge in [0.2, 0.25) is 11.8 Å². The van der Waals surface area contributed by atoms with Crippen molar-refractivity contribution in [3.63, 3.8) is 0 Å². The minimum Gasteiger partial charge on any atom is -0.480 e. The standard InChI is InChI=1S/C13H23N3O4/c1-7(2)10(14)11(17)15-8(3)12(18)16-6-4-5-9(16)13(19)20/h7-10H,4-6,14H2,1-3H3,(H,15,17)(H,19,20)/t8-,9-,10-/m0/s1. The SMILES string of the molecule is CC(C)[C@H](N)C(=O)N[C@@H](C)C(=O)N1CCC[C@H]1C(=O)O. The molecule has 0 aliphatic carbocycles. The van der Waals surface area contributed by atoms with Crippen LogP contribution in [0.2, 0.25) is 0 Å². The Bertz CT molecular complexity index is 397. The van der Waals surface area contributed by atoms with Crippen molar-refractivity contribution in [1.82, 2.24) is 10.2 Å². The summed E-state index contributed by atoms with van der Waals surface area (Å²) >= 11 is 0. The van der Waals surface area contributed by atoms with E-state index in [1.54, 1.807) is 6.92 Å². The Hall–Kier alpha value is -1.63. The largest absolute Gasteiger partial charge is 0.480 e. The Balaban J connectivity index is 2.63. The van der Waals surface area contributed by atoms with Gasteiger partial charge in [0.05, 0.1) is 6.04 Å². The molecule has 1 aliphatic rings. The van der Waals surface area contributed by atoms with Crippen molar-refractivity contribution in [2.75, 3.05) is 6.54 Å². The summed E-state index contributed by atoms with van der Waals surface area (Å²) in [6, 6.07) is -2.24. The molecule has 4 N–H and O–H groups in total. The minimum atomic E-state index is -1.01. The monoisotopic (exact) mass is 285 g/mol. The molecule has 7 heteroatoms. The lowest BCUT2D eigenvalue weighted by atomic mass is 10.0. The number of likely N-dealkylation sites (tertiary alicyclic amines) is 1. The van der Waals surface area contributed by atoms with Crippen LogP contribution in [0.4, 0.5) is 0 Å². The Morgan fingerprint density at radius 3 is 2.40 bits per heavy atom. The molecule has 0 saturated carbocycles. The number of carbonyl (C=O) groups excluding carboxylic acids is 2. The van der Waals surface area contributed by atoms with E-state index in [4.69, 9.17) is 10.8 Å². The molecule has 114 valence electrons. The van der Waals surface area contributed by atoms with Crippen LogP contribution in [-0.4, -0.2) is 52.5 Å².